The summed E-state index contributed by atoms with van der Waals surface area (Å²) in [4.78, 5) is 4.35. The van der Waals surface area contributed by atoms with E-state index in [0.717, 1.165) is 30.5 Å². The zero-order valence-corrected chi connectivity index (χ0v) is 13.0. The first-order valence-electron chi connectivity index (χ1n) is 6.70. The fourth-order valence-electron chi connectivity index (χ4n) is 2.19. The number of aryl methyl sites for hydroxylation is 1. The van der Waals surface area contributed by atoms with Crippen molar-refractivity contribution in [1.29, 1.82) is 0 Å². The lowest BCUT2D eigenvalue weighted by Gasteiger charge is -2.17. The number of halogens is 2. The van der Waals surface area contributed by atoms with Crippen LogP contribution >= 0.6 is 23.2 Å². The van der Waals surface area contributed by atoms with Crippen LogP contribution in [-0.4, -0.2) is 18.1 Å². The standard InChI is InChI=1S/C16H18Cl2N2/c1-19-14(9-8-13-6-2-3-10-20-13)11-12-5-4-7-15(17)16(12)18/h2-7,10,14,19H,8-9,11H2,1H3. The Morgan fingerprint density at radius 3 is 2.70 bits per heavy atom. The van der Waals surface area contributed by atoms with Gasteiger partial charge in [0, 0.05) is 17.9 Å². The second-order valence-electron chi connectivity index (χ2n) is 4.76. The fourth-order valence-corrected chi connectivity index (χ4v) is 2.59. The van der Waals surface area contributed by atoms with Gasteiger partial charge in [-0.1, -0.05) is 41.4 Å². The van der Waals surface area contributed by atoms with Gasteiger partial charge in [-0.2, -0.15) is 0 Å². The molecule has 0 spiro atoms. The molecule has 0 aliphatic carbocycles. The summed E-state index contributed by atoms with van der Waals surface area (Å²) in [5.41, 5.74) is 2.20. The first kappa shape index (κ1) is 15.3. The van der Waals surface area contributed by atoms with Gasteiger partial charge in [0.15, 0.2) is 0 Å². The number of nitrogens with zero attached hydrogens (tertiary/aromatic N) is 1. The zero-order chi connectivity index (χ0) is 14.4. The molecule has 0 radical (unpaired) electrons. The molecule has 0 bridgehead atoms. The van der Waals surface area contributed by atoms with Crippen LogP contribution in [0.2, 0.25) is 10.0 Å². The van der Waals surface area contributed by atoms with Gasteiger partial charge in [0.05, 0.1) is 10.0 Å². The third-order valence-corrected chi connectivity index (χ3v) is 4.24. The number of pyridine rings is 1. The van der Waals surface area contributed by atoms with Crippen molar-refractivity contribution < 1.29 is 0 Å². The molecule has 1 aromatic heterocycles. The molecule has 20 heavy (non-hydrogen) atoms. The molecule has 0 aliphatic heterocycles. The number of hydrogen-bond acceptors (Lipinski definition) is 2. The minimum Gasteiger partial charge on any atom is -0.317 e. The molecule has 1 unspecified atom stereocenters. The molecule has 2 aromatic rings. The lowest BCUT2D eigenvalue weighted by atomic mass is 10.0. The largest absolute Gasteiger partial charge is 0.317 e. The highest BCUT2D eigenvalue weighted by atomic mass is 35.5. The topological polar surface area (TPSA) is 24.9 Å². The molecule has 1 atom stereocenters. The van der Waals surface area contributed by atoms with Gasteiger partial charge in [0.2, 0.25) is 0 Å². The molecule has 2 rings (SSSR count). The molecule has 0 saturated carbocycles. The first-order chi connectivity index (χ1) is 9.70. The highest BCUT2D eigenvalue weighted by Gasteiger charge is 2.11. The van der Waals surface area contributed by atoms with Crippen molar-refractivity contribution >= 4 is 23.2 Å². The van der Waals surface area contributed by atoms with Crippen LogP contribution in [0.15, 0.2) is 42.6 Å². The van der Waals surface area contributed by atoms with Crippen LogP contribution in [0.4, 0.5) is 0 Å². The molecule has 4 heteroatoms. The maximum absolute atomic E-state index is 6.24. The summed E-state index contributed by atoms with van der Waals surface area (Å²) in [6.07, 6.45) is 4.65. The number of hydrogen-bond donors (Lipinski definition) is 1. The van der Waals surface area contributed by atoms with E-state index in [2.05, 4.69) is 16.4 Å². The fraction of sp³-hybridized carbons (Fsp3) is 0.312. The van der Waals surface area contributed by atoms with E-state index in [9.17, 15) is 0 Å². The van der Waals surface area contributed by atoms with Crippen LogP contribution in [0.5, 0.6) is 0 Å². The van der Waals surface area contributed by atoms with Crippen molar-refractivity contribution in [2.45, 2.75) is 25.3 Å². The summed E-state index contributed by atoms with van der Waals surface area (Å²) < 4.78 is 0. The lowest BCUT2D eigenvalue weighted by molar-refractivity contribution is 0.517. The lowest BCUT2D eigenvalue weighted by Crippen LogP contribution is -2.28. The Morgan fingerprint density at radius 2 is 2.00 bits per heavy atom. The highest BCUT2D eigenvalue weighted by Crippen LogP contribution is 2.26. The normalized spacial score (nSPS) is 12.3. The van der Waals surface area contributed by atoms with Gasteiger partial charge >= 0.3 is 0 Å². The van der Waals surface area contributed by atoms with E-state index in [4.69, 9.17) is 23.2 Å². The smallest absolute Gasteiger partial charge is 0.0624 e. The summed E-state index contributed by atoms with van der Waals surface area (Å²) in [6, 6.07) is 12.1. The number of nitrogens with one attached hydrogen (secondary N) is 1. The average molecular weight is 309 g/mol. The van der Waals surface area contributed by atoms with Crippen molar-refractivity contribution in [2.24, 2.45) is 0 Å². The minimum absolute atomic E-state index is 0.355. The number of aromatic nitrogens is 1. The highest BCUT2D eigenvalue weighted by molar-refractivity contribution is 6.42. The van der Waals surface area contributed by atoms with E-state index in [-0.39, 0.29) is 0 Å². The van der Waals surface area contributed by atoms with E-state index in [1.165, 1.54) is 0 Å². The van der Waals surface area contributed by atoms with Gasteiger partial charge < -0.3 is 5.32 Å². The Bertz CT molecular complexity index is 543. The summed E-state index contributed by atoms with van der Waals surface area (Å²) in [7, 11) is 1.97. The Morgan fingerprint density at radius 1 is 1.15 bits per heavy atom. The minimum atomic E-state index is 0.355. The van der Waals surface area contributed by atoms with Crippen LogP contribution < -0.4 is 5.32 Å². The average Bonchev–Trinajstić information content (AvgIpc) is 2.49. The summed E-state index contributed by atoms with van der Waals surface area (Å²) in [5, 5.41) is 4.61. The molecule has 0 fully saturated rings. The first-order valence-corrected chi connectivity index (χ1v) is 7.46. The zero-order valence-electron chi connectivity index (χ0n) is 11.4. The van der Waals surface area contributed by atoms with Gasteiger partial charge in [-0.3, -0.25) is 4.98 Å². The second-order valence-corrected chi connectivity index (χ2v) is 5.55. The molecule has 2 nitrogen and oxygen atoms in total. The molecule has 1 heterocycles. The molecule has 0 saturated heterocycles. The van der Waals surface area contributed by atoms with Crippen LogP contribution in [0.3, 0.4) is 0 Å². The SMILES string of the molecule is CNC(CCc1ccccn1)Cc1cccc(Cl)c1Cl. The van der Waals surface area contributed by atoms with Gasteiger partial charge in [-0.05, 0) is 50.1 Å². The monoisotopic (exact) mass is 308 g/mol. The number of rotatable bonds is 6. The Kier molecular flexibility index (Phi) is 5.84. The third-order valence-electron chi connectivity index (χ3n) is 3.38. The van der Waals surface area contributed by atoms with Crippen molar-refractivity contribution in [2.75, 3.05) is 7.05 Å². The predicted octanol–water partition coefficient (Wildman–Crippen LogP) is 4.15. The van der Waals surface area contributed by atoms with E-state index < -0.39 is 0 Å². The van der Waals surface area contributed by atoms with Gasteiger partial charge in [0.1, 0.15) is 0 Å². The van der Waals surface area contributed by atoms with Crippen LogP contribution in [0.1, 0.15) is 17.7 Å². The second kappa shape index (κ2) is 7.63. The maximum atomic E-state index is 6.24. The van der Waals surface area contributed by atoms with Crippen molar-refractivity contribution in [3.8, 4) is 0 Å². The molecule has 1 N–H and O–H groups in total. The predicted molar refractivity (Wildman–Crippen MR) is 85.6 cm³/mol. The summed E-state index contributed by atoms with van der Waals surface area (Å²) in [5.74, 6) is 0. The van der Waals surface area contributed by atoms with E-state index in [0.29, 0.717) is 16.1 Å². The van der Waals surface area contributed by atoms with E-state index >= 15 is 0 Å². The third kappa shape index (κ3) is 4.20. The molecule has 0 aliphatic rings. The van der Waals surface area contributed by atoms with E-state index in [1.807, 2.05) is 43.6 Å². The molecular weight excluding hydrogens is 291 g/mol. The van der Waals surface area contributed by atoms with Crippen molar-refractivity contribution in [3.05, 3.63) is 63.9 Å². The quantitative estimate of drug-likeness (QED) is 0.867. The number of benzene rings is 1. The molecule has 106 valence electrons. The van der Waals surface area contributed by atoms with Gasteiger partial charge in [-0.15, -0.1) is 0 Å². The Balaban J connectivity index is 1.97. The van der Waals surface area contributed by atoms with Crippen LogP contribution in [0, 0.1) is 0 Å². The maximum Gasteiger partial charge on any atom is 0.0624 e. The van der Waals surface area contributed by atoms with E-state index in [1.54, 1.807) is 0 Å². The van der Waals surface area contributed by atoms with Crippen molar-refractivity contribution in [1.82, 2.24) is 10.3 Å². The van der Waals surface area contributed by atoms with Gasteiger partial charge in [0.25, 0.3) is 0 Å². The number of likely N-dealkylation sites (N-methyl/N-ethyl adjacent to an activating group) is 1. The molecular formula is C16H18Cl2N2. The molecule has 0 amide bonds. The molecule has 1 aromatic carbocycles. The van der Waals surface area contributed by atoms with Gasteiger partial charge in [-0.25, -0.2) is 0 Å². The van der Waals surface area contributed by atoms with Crippen LogP contribution in [-0.2, 0) is 12.8 Å². The summed E-state index contributed by atoms with van der Waals surface area (Å²) >= 11 is 12.3. The van der Waals surface area contributed by atoms with Crippen molar-refractivity contribution in [3.63, 3.8) is 0 Å². The Labute approximate surface area is 130 Å². The Hall–Kier alpha value is -1.09. The van der Waals surface area contributed by atoms with Crippen LogP contribution in [0.25, 0.3) is 0 Å². The summed E-state index contributed by atoms with van der Waals surface area (Å²) in [6.45, 7) is 0.